The molecule has 0 bridgehead atoms. The Labute approximate surface area is 130 Å². The van der Waals surface area contributed by atoms with Crippen LogP contribution in [-0.4, -0.2) is 32.0 Å². The number of H-pyrrole nitrogens is 1. The number of aromatic amines is 1. The van der Waals surface area contributed by atoms with Gasteiger partial charge < -0.3 is 19.3 Å². The van der Waals surface area contributed by atoms with Crippen LogP contribution < -0.4 is 16.0 Å². The molecule has 10 heteroatoms. The van der Waals surface area contributed by atoms with Gasteiger partial charge in [-0.3, -0.25) is 18.9 Å². The zero-order valence-corrected chi connectivity index (χ0v) is 12.8. The van der Waals surface area contributed by atoms with Gasteiger partial charge in [0.15, 0.2) is 6.35 Å². The number of hydrogen-bond acceptors (Lipinski definition) is 5. The molecule has 1 aromatic carbocycles. The first-order valence-corrected chi connectivity index (χ1v) is 8.31. The van der Waals surface area contributed by atoms with Crippen LogP contribution in [0.4, 0.5) is 0 Å². The number of rotatable bonds is 7. The SMILES string of the molecule is O=c1ccn(CC(OCP(=O)(O)O)Oc2ccccc2)c(=O)[nH]1. The van der Waals surface area contributed by atoms with Crippen molar-refractivity contribution < 1.29 is 23.8 Å². The Morgan fingerprint density at radius 3 is 2.48 bits per heavy atom. The molecule has 23 heavy (non-hydrogen) atoms. The Hall–Kier alpha value is -2.19. The normalized spacial score (nSPS) is 12.8. The molecule has 0 fully saturated rings. The van der Waals surface area contributed by atoms with E-state index in [9.17, 15) is 14.2 Å². The molecule has 3 N–H and O–H groups in total. The van der Waals surface area contributed by atoms with E-state index in [-0.39, 0.29) is 6.54 Å². The second-order valence-corrected chi connectivity index (χ2v) is 6.17. The smallest absolute Gasteiger partial charge is 0.351 e. The Balaban J connectivity index is 2.16. The van der Waals surface area contributed by atoms with E-state index in [2.05, 4.69) is 4.98 Å². The maximum Gasteiger partial charge on any atom is 0.351 e. The van der Waals surface area contributed by atoms with E-state index < -0.39 is 31.5 Å². The van der Waals surface area contributed by atoms with Gasteiger partial charge in [0, 0.05) is 12.3 Å². The van der Waals surface area contributed by atoms with E-state index in [0.717, 1.165) is 10.6 Å². The molecule has 0 aliphatic heterocycles. The van der Waals surface area contributed by atoms with Gasteiger partial charge in [-0.2, -0.15) is 0 Å². The summed E-state index contributed by atoms with van der Waals surface area (Å²) in [6.45, 7) is -0.162. The van der Waals surface area contributed by atoms with Gasteiger partial charge in [-0.15, -0.1) is 0 Å². The fourth-order valence-electron chi connectivity index (χ4n) is 1.70. The number of ether oxygens (including phenoxy) is 2. The minimum Gasteiger partial charge on any atom is -0.463 e. The summed E-state index contributed by atoms with van der Waals surface area (Å²) >= 11 is 0. The van der Waals surface area contributed by atoms with Gasteiger partial charge in [-0.25, -0.2) is 4.79 Å². The molecule has 0 aliphatic rings. The molecule has 2 aromatic rings. The minimum atomic E-state index is -4.40. The zero-order valence-electron chi connectivity index (χ0n) is 11.9. The molecular formula is C13H15N2O7P. The van der Waals surface area contributed by atoms with Crippen LogP contribution in [0, 0.1) is 0 Å². The average molecular weight is 342 g/mol. The second-order valence-electron chi connectivity index (χ2n) is 4.58. The lowest BCUT2D eigenvalue weighted by atomic mass is 10.3. The molecule has 124 valence electrons. The lowest BCUT2D eigenvalue weighted by molar-refractivity contribution is -0.0768. The van der Waals surface area contributed by atoms with Crippen molar-refractivity contribution in [3.63, 3.8) is 0 Å². The molecule has 0 amide bonds. The van der Waals surface area contributed by atoms with E-state index in [1.165, 1.54) is 6.20 Å². The molecule has 1 atom stereocenters. The highest BCUT2D eigenvalue weighted by Crippen LogP contribution is 2.34. The predicted octanol–water partition coefficient (Wildman–Crippen LogP) is 0.0935. The van der Waals surface area contributed by atoms with E-state index in [4.69, 9.17) is 19.3 Å². The Kier molecular flexibility index (Phi) is 5.51. The zero-order chi connectivity index (χ0) is 16.9. The van der Waals surface area contributed by atoms with Crippen molar-refractivity contribution >= 4 is 7.60 Å². The number of nitrogens with one attached hydrogen (secondary N) is 1. The summed E-state index contributed by atoms with van der Waals surface area (Å²) in [5.41, 5.74) is -1.23. The van der Waals surface area contributed by atoms with Crippen LogP contribution in [0.25, 0.3) is 0 Å². The number of benzene rings is 1. The molecular weight excluding hydrogens is 327 g/mol. The Morgan fingerprint density at radius 2 is 1.87 bits per heavy atom. The topological polar surface area (TPSA) is 131 Å². The molecule has 0 radical (unpaired) electrons. The summed E-state index contributed by atoms with van der Waals surface area (Å²) < 4.78 is 22.6. The highest BCUT2D eigenvalue weighted by Gasteiger charge is 2.20. The summed E-state index contributed by atoms with van der Waals surface area (Å²) in [6.07, 6.45) is -0.750. The van der Waals surface area contributed by atoms with Crippen molar-refractivity contribution in [1.82, 2.24) is 9.55 Å². The third-order valence-electron chi connectivity index (χ3n) is 2.68. The monoisotopic (exact) mass is 342 g/mol. The fraction of sp³-hybridized carbons (Fsp3) is 0.231. The first-order chi connectivity index (χ1) is 10.8. The molecule has 0 aliphatic carbocycles. The van der Waals surface area contributed by atoms with Crippen molar-refractivity contribution in [2.45, 2.75) is 12.8 Å². The summed E-state index contributed by atoms with van der Waals surface area (Å²) in [4.78, 5) is 42.6. The predicted molar refractivity (Wildman–Crippen MR) is 80.2 cm³/mol. The first kappa shape index (κ1) is 17.2. The van der Waals surface area contributed by atoms with Crippen LogP contribution in [0.1, 0.15) is 0 Å². The molecule has 0 saturated carbocycles. The van der Waals surface area contributed by atoms with Gasteiger partial charge >= 0.3 is 13.3 Å². The van der Waals surface area contributed by atoms with Crippen molar-refractivity contribution in [3.05, 3.63) is 63.4 Å². The standard InChI is InChI=1S/C13H15N2O7P/c16-11-6-7-15(13(17)14-11)8-12(21-9-23(18,19)20)22-10-4-2-1-3-5-10/h1-7,12H,8-9H2,(H,14,16,17)(H2,18,19,20). The number of aromatic nitrogens is 2. The van der Waals surface area contributed by atoms with Crippen LogP contribution in [-0.2, 0) is 15.8 Å². The highest BCUT2D eigenvalue weighted by molar-refractivity contribution is 7.51. The van der Waals surface area contributed by atoms with Gasteiger partial charge in [-0.05, 0) is 12.1 Å². The molecule has 0 spiro atoms. The van der Waals surface area contributed by atoms with Crippen molar-refractivity contribution in [2.24, 2.45) is 0 Å². The first-order valence-electron chi connectivity index (χ1n) is 6.51. The summed E-state index contributed by atoms with van der Waals surface area (Å²) in [6, 6.07) is 9.59. The van der Waals surface area contributed by atoms with Gasteiger partial charge in [-0.1, -0.05) is 18.2 Å². The second kappa shape index (κ2) is 7.38. The highest BCUT2D eigenvalue weighted by atomic mass is 31.2. The summed E-state index contributed by atoms with van der Waals surface area (Å²) in [5.74, 6) is 0.403. The number of nitrogens with zero attached hydrogens (tertiary/aromatic N) is 1. The molecule has 1 unspecified atom stereocenters. The Bertz CT molecular complexity index is 796. The quantitative estimate of drug-likeness (QED) is 0.480. The third kappa shape index (κ3) is 5.84. The summed E-state index contributed by atoms with van der Waals surface area (Å²) in [7, 11) is -4.40. The molecule has 0 saturated heterocycles. The van der Waals surface area contributed by atoms with Crippen LogP contribution in [0.3, 0.4) is 0 Å². The van der Waals surface area contributed by atoms with Crippen molar-refractivity contribution in [1.29, 1.82) is 0 Å². The van der Waals surface area contributed by atoms with Crippen molar-refractivity contribution in [2.75, 3.05) is 6.35 Å². The minimum absolute atomic E-state index is 0.162. The lowest BCUT2D eigenvalue weighted by Gasteiger charge is -2.20. The lowest BCUT2D eigenvalue weighted by Crippen LogP contribution is -2.35. The van der Waals surface area contributed by atoms with E-state index in [1.54, 1.807) is 30.3 Å². The maximum atomic E-state index is 11.7. The summed E-state index contributed by atoms with van der Waals surface area (Å²) in [5, 5.41) is 0. The van der Waals surface area contributed by atoms with E-state index in [1.807, 2.05) is 0 Å². The third-order valence-corrected chi connectivity index (χ3v) is 3.17. The van der Waals surface area contributed by atoms with Gasteiger partial charge in [0.05, 0.1) is 6.54 Å². The van der Waals surface area contributed by atoms with Crippen LogP contribution >= 0.6 is 7.60 Å². The molecule has 9 nitrogen and oxygen atoms in total. The van der Waals surface area contributed by atoms with Gasteiger partial charge in [0.2, 0.25) is 6.29 Å². The average Bonchev–Trinajstić information content (AvgIpc) is 2.48. The number of para-hydroxylation sites is 1. The molecule has 1 heterocycles. The molecule has 1 aromatic heterocycles. The van der Waals surface area contributed by atoms with Crippen molar-refractivity contribution in [3.8, 4) is 5.75 Å². The van der Waals surface area contributed by atoms with Crippen LogP contribution in [0.5, 0.6) is 5.75 Å². The van der Waals surface area contributed by atoms with Gasteiger partial charge in [0.1, 0.15) is 5.75 Å². The number of hydrogen-bond donors (Lipinski definition) is 3. The van der Waals surface area contributed by atoms with Crippen LogP contribution in [0.2, 0.25) is 0 Å². The maximum absolute atomic E-state index is 11.7. The van der Waals surface area contributed by atoms with E-state index in [0.29, 0.717) is 5.75 Å². The Morgan fingerprint density at radius 1 is 1.17 bits per heavy atom. The van der Waals surface area contributed by atoms with Crippen LogP contribution in [0.15, 0.2) is 52.2 Å². The largest absolute Gasteiger partial charge is 0.463 e. The van der Waals surface area contributed by atoms with E-state index >= 15 is 0 Å². The van der Waals surface area contributed by atoms with Gasteiger partial charge in [0.25, 0.3) is 5.56 Å². The molecule has 2 rings (SSSR count). The fourth-order valence-corrected chi connectivity index (χ4v) is 2.06.